The number of hydrogen-bond donors (Lipinski definition) is 1. The van der Waals surface area contributed by atoms with Crippen molar-refractivity contribution in [1.29, 1.82) is 0 Å². The predicted octanol–water partition coefficient (Wildman–Crippen LogP) is 4.81. The van der Waals surface area contributed by atoms with Gasteiger partial charge in [0.05, 0.1) is 5.02 Å². The first-order valence-electron chi connectivity index (χ1n) is 5.33. The van der Waals surface area contributed by atoms with Gasteiger partial charge in [-0.05, 0) is 52.2 Å². The van der Waals surface area contributed by atoms with E-state index < -0.39 is 6.10 Å². The van der Waals surface area contributed by atoms with Gasteiger partial charge >= 0.3 is 0 Å². The molecule has 4 heteroatoms. The monoisotopic (exact) mass is 330 g/mol. The summed E-state index contributed by atoms with van der Waals surface area (Å²) in [4.78, 5) is 2.25. The number of aliphatic hydroxyl groups excluding tert-OH is 1. The van der Waals surface area contributed by atoms with E-state index >= 15 is 0 Å². The fourth-order valence-electron chi connectivity index (χ4n) is 1.58. The normalized spacial score (nSPS) is 12.7. The molecule has 0 aliphatic heterocycles. The molecule has 1 heterocycles. The lowest BCUT2D eigenvalue weighted by atomic mass is 10.1. The number of benzene rings is 1. The van der Waals surface area contributed by atoms with Gasteiger partial charge in [0.2, 0.25) is 0 Å². The fraction of sp³-hybridized carbons (Fsp3) is 0.231. The maximum Gasteiger partial charge on any atom is 0.113 e. The number of rotatable bonds is 3. The zero-order valence-corrected chi connectivity index (χ0v) is 12.4. The highest BCUT2D eigenvalue weighted by molar-refractivity contribution is 9.10. The van der Waals surface area contributed by atoms with Crippen LogP contribution >= 0.6 is 38.9 Å². The Morgan fingerprint density at radius 1 is 1.35 bits per heavy atom. The maximum atomic E-state index is 10.3. The lowest BCUT2D eigenvalue weighted by Crippen LogP contribution is -1.96. The molecule has 90 valence electrons. The Labute approximate surface area is 118 Å². The highest BCUT2D eigenvalue weighted by atomic mass is 79.9. The molecule has 1 atom stereocenters. The SMILES string of the molecule is CCc1ccc(C(O)c2ccc(Cl)c(Br)c2)s1. The molecule has 0 radical (unpaired) electrons. The highest BCUT2D eigenvalue weighted by Crippen LogP contribution is 2.32. The molecule has 1 aromatic carbocycles. The molecule has 0 amide bonds. The molecule has 2 rings (SSSR count). The van der Waals surface area contributed by atoms with Crippen LogP contribution in [0.1, 0.15) is 28.3 Å². The summed E-state index contributed by atoms with van der Waals surface area (Å²) in [7, 11) is 0. The third-order valence-corrected chi connectivity index (χ3v) is 5.06. The Hall–Kier alpha value is -0.350. The molecular formula is C13H12BrClOS. The average molecular weight is 332 g/mol. The van der Waals surface area contributed by atoms with Crippen molar-refractivity contribution in [2.45, 2.75) is 19.4 Å². The number of thiophene rings is 1. The zero-order chi connectivity index (χ0) is 12.4. The van der Waals surface area contributed by atoms with E-state index in [1.807, 2.05) is 18.2 Å². The zero-order valence-electron chi connectivity index (χ0n) is 9.28. The molecule has 17 heavy (non-hydrogen) atoms. The molecule has 1 N–H and O–H groups in total. The van der Waals surface area contributed by atoms with Crippen LogP contribution in [0.15, 0.2) is 34.8 Å². The minimum atomic E-state index is -0.575. The van der Waals surface area contributed by atoms with Gasteiger partial charge in [0.25, 0.3) is 0 Å². The third-order valence-electron chi connectivity index (χ3n) is 2.56. The smallest absolute Gasteiger partial charge is 0.113 e. The summed E-state index contributed by atoms with van der Waals surface area (Å²) in [5.74, 6) is 0. The van der Waals surface area contributed by atoms with Gasteiger partial charge in [0, 0.05) is 14.2 Å². The van der Waals surface area contributed by atoms with Crippen molar-refractivity contribution in [2.75, 3.05) is 0 Å². The van der Waals surface area contributed by atoms with Gasteiger partial charge in [-0.25, -0.2) is 0 Å². The van der Waals surface area contributed by atoms with Crippen molar-refractivity contribution in [3.63, 3.8) is 0 Å². The Balaban J connectivity index is 2.29. The van der Waals surface area contributed by atoms with Crippen LogP contribution in [0.2, 0.25) is 5.02 Å². The Morgan fingerprint density at radius 2 is 2.12 bits per heavy atom. The first-order valence-corrected chi connectivity index (χ1v) is 7.32. The van der Waals surface area contributed by atoms with Crippen LogP contribution in [-0.2, 0) is 6.42 Å². The quantitative estimate of drug-likeness (QED) is 0.856. The summed E-state index contributed by atoms with van der Waals surface area (Å²) in [5.41, 5.74) is 0.853. The fourth-order valence-corrected chi connectivity index (χ4v) is 3.06. The molecule has 0 saturated heterocycles. The lowest BCUT2D eigenvalue weighted by molar-refractivity contribution is 0.224. The largest absolute Gasteiger partial charge is 0.383 e. The Kier molecular flexibility index (Phi) is 4.26. The van der Waals surface area contributed by atoms with E-state index in [9.17, 15) is 5.11 Å². The molecule has 0 spiro atoms. The van der Waals surface area contributed by atoms with Gasteiger partial charge in [-0.2, -0.15) is 0 Å². The number of halogens is 2. The van der Waals surface area contributed by atoms with Crippen LogP contribution in [0.5, 0.6) is 0 Å². The summed E-state index contributed by atoms with van der Waals surface area (Å²) in [5, 5.41) is 10.9. The second kappa shape index (κ2) is 5.53. The van der Waals surface area contributed by atoms with Crippen molar-refractivity contribution in [3.05, 3.63) is 55.1 Å². The number of hydrogen-bond acceptors (Lipinski definition) is 2. The third kappa shape index (κ3) is 2.91. The van der Waals surface area contributed by atoms with E-state index in [4.69, 9.17) is 11.6 Å². The van der Waals surface area contributed by atoms with Gasteiger partial charge < -0.3 is 5.11 Å². The lowest BCUT2D eigenvalue weighted by Gasteiger charge is -2.09. The Bertz CT molecular complexity index is 524. The minimum absolute atomic E-state index is 0.575. The van der Waals surface area contributed by atoms with Crippen molar-refractivity contribution < 1.29 is 5.11 Å². The van der Waals surface area contributed by atoms with Gasteiger partial charge in [0.1, 0.15) is 6.10 Å². The number of aryl methyl sites for hydroxylation is 1. The predicted molar refractivity (Wildman–Crippen MR) is 76.9 cm³/mol. The van der Waals surface area contributed by atoms with E-state index in [1.165, 1.54) is 4.88 Å². The molecule has 1 nitrogen and oxygen atoms in total. The summed E-state index contributed by atoms with van der Waals surface area (Å²) in [6.07, 6.45) is 0.427. The highest BCUT2D eigenvalue weighted by Gasteiger charge is 2.13. The first kappa shape index (κ1) is 13.1. The molecule has 0 aliphatic rings. The minimum Gasteiger partial charge on any atom is -0.383 e. The van der Waals surface area contributed by atoms with Crippen molar-refractivity contribution in [3.8, 4) is 0 Å². The summed E-state index contributed by atoms with van der Waals surface area (Å²) < 4.78 is 0.808. The molecule has 0 aliphatic carbocycles. The van der Waals surface area contributed by atoms with Crippen LogP contribution in [0, 0.1) is 0 Å². The van der Waals surface area contributed by atoms with Gasteiger partial charge in [0.15, 0.2) is 0 Å². The molecule has 0 bridgehead atoms. The molecule has 1 unspecified atom stereocenters. The van der Waals surface area contributed by atoms with Crippen LogP contribution < -0.4 is 0 Å². The molecule has 0 saturated carbocycles. The maximum absolute atomic E-state index is 10.3. The number of aliphatic hydroxyl groups is 1. The van der Waals surface area contributed by atoms with E-state index in [-0.39, 0.29) is 0 Å². The second-order valence-electron chi connectivity index (χ2n) is 3.73. The van der Waals surface area contributed by atoms with Gasteiger partial charge in [-0.1, -0.05) is 24.6 Å². The Morgan fingerprint density at radius 3 is 2.71 bits per heavy atom. The van der Waals surface area contributed by atoms with Crippen LogP contribution in [-0.4, -0.2) is 5.11 Å². The molecule has 2 aromatic rings. The van der Waals surface area contributed by atoms with E-state index in [2.05, 4.69) is 28.9 Å². The van der Waals surface area contributed by atoms with Crippen LogP contribution in [0.3, 0.4) is 0 Å². The summed E-state index contributed by atoms with van der Waals surface area (Å²) in [6.45, 7) is 2.11. The van der Waals surface area contributed by atoms with E-state index in [0.717, 1.165) is 21.3 Å². The van der Waals surface area contributed by atoms with Crippen molar-refractivity contribution >= 4 is 38.9 Å². The molecule has 0 fully saturated rings. The van der Waals surface area contributed by atoms with E-state index in [1.54, 1.807) is 17.4 Å². The van der Waals surface area contributed by atoms with Gasteiger partial charge in [-0.15, -0.1) is 11.3 Å². The first-order chi connectivity index (χ1) is 8.11. The summed E-state index contributed by atoms with van der Waals surface area (Å²) in [6, 6.07) is 9.55. The topological polar surface area (TPSA) is 20.2 Å². The molecule has 1 aromatic heterocycles. The van der Waals surface area contributed by atoms with Crippen molar-refractivity contribution in [1.82, 2.24) is 0 Å². The van der Waals surface area contributed by atoms with Gasteiger partial charge in [-0.3, -0.25) is 0 Å². The molecular weight excluding hydrogens is 320 g/mol. The van der Waals surface area contributed by atoms with E-state index in [0.29, 0.717) is 5.02 Å². The van der Waals surface area contributed by atoms with Crippen LogP contribution in [0.25, 0.3) is 0 Å². The van der Waals surface area contributed by atoms with Crippen molar-refractivity contribution in [2.24, 2.45) is 0 Å². The second-order valence-corrected chi connectivity index (χ2v) is 6.20. The standard InChI is InChI=1S/C13H12BrClOS/c1-2-9-4-6-12(17-9)13(16)8-3-5-11(15)10(14)7-8/h3-7,13,16H,2H2,1H3. The average Bonchev–Trinajstić information content (AvgIpc) is 2.80. The van der Waals surface area contributed by atoms with Crippen LogP contribution in [0.4, 0.5) is 0 Å². The summed E-state index contributed by atoms with van der Waals surface area (Å²) >= 11 is 10.9.